The number of ether oxygens (including phenoxy) is 2. The van der Waals surface area contributed by atoms with Crippen LogP contribution < -0.4 is 9.64 Å². The number of carbonyl (C=O) groups excluding carboxylic acids is 1. The Morgan fingerprint density at radius 3 is 2.60 bits per heavy atom. The van der Waals surface area contributed by atoms with Gasteiger partial charge in [-0.3, -0.25) is 4.98 Å². The molecule has 2 aromatic carbocycles. The number of fused-ring (bicyclic) bond motifs is 5. The first-order chi connectivity index (χ1) is 21.6. The van der Waals surface area contributed by atoms with Gasteiger partial charge in [0, 0.05) is 36.9 Å². The number of piperidine rings is 2. The van der Waals surface area contributed by atoms with Crippen molar-refractivity contribution in [2.24, 2.45) is 0 Å². The fraction of sp³-hybridized carbons (Fsp3) is 0.471. The van der Waals surface area contributed by atoms with Crippen LogP contribution in [0.3, 0.4) is 0 Å². The van der Waals surface area contributed by atoms with Gasteiger partial charge in [0.25, 0.3) is 0 Å². The van der Waals surface area contributed by atoms with Crippen LogP contribution in [-0.2, 0) is 4.74 Å². The Morgan fingerprint density at radius 1 is 1.07 bits per heavy atom. The van der Waals surface area contributed by atoms with E-state index in [9.17, 15) is 9.90 Å². The topological polar surface area (TPSA) is 104 Å². The lowest BCUT2D eigenvalue weighted by Crippen LogP contribution is -2.64. The Morgan fingerprint density at radius 2 is 1.87 bits per heavy atom. The maximum absolute atomic E-state index is 16.7. The lowest BCUT2D eigenvalue weighted by molar-refractivity contribution is 0.000794. The number of aromatic nitrogens is 3. The Balaban J connectivity index is 1.30. The number of nitrogens with zero attached hydrogens (tertiary/aromatic N) is 6. The Kier molecular flexibility index (Phi) is 7.38. The first-order valence-electron chi connectivity index (χ1n) is 15.7. The first-order valence-corrected chi connectivity index (χ1v) is 15.7. The number of hydrogen-bond acceptors (Lipinski definition) is 9. The maximum Gasteiger partial charge on any atom is 0.410 e. The summed E-state index contributed by atoms with van der Waals surface area (Å²) in [6.45, 7) is 8.02. The first kappa shape index (κ1) is 29.5. The third kappa shape index (κ3) is 5.58. The molecule has 4 aromatic rings. The van der Waals surface area contributed by atoms with Crippen molar-refractivity contribution >= 4 is 33.6 Å². The van der Waals surface area contributed by atoms with Crippen molar-refractivity contribution < 1.29 is 23.8 Å². The molecule has 0 radical (unpaired) electrons. The van der Waals surface area contributed by atoms with E-state index in [1.165, 1.54) is 6.07 Å². The Labute approximate surface area is 261 Å². The molecule has 45 heavy (non-hydrogen) atoms. The SMILES string of the molecule is CN1CCC[C@H]1COc1nc(N2C[C@H]3CCC2CN3C(=O)OC(C)(C)C)c2cnc(-c3cc(O)cc4ccccc34)c(F)c2n1. The zero-order valence-corrected chi connectivity index (χ0v) is 26.2. The Bertz CT molecular complexity index is 1780. The van der Waals surface area contributed by atoms with E-state index < -0.39 is 11.4 Å². The molecule has 0 saturated carbocycles. The fourth-order valence-electron chi connectivity index (χ4n) is 6.98. The molecule has 10 nitrogen and oxygen atoms in total. The summed E-state index contributed by atoms with van der Waals surface area (Å²) in [6, 6.07) is 10.9. The highest BCUT2D eigenvalue weighted by atomic mass is 19.1. The minimum atomic E-state index is -0.604. The number of halogens is 1. The molecule has 2 bridgehead atoms. The van der Waals surface area contributed by atoms with Gasteiger partial charge >= 0.3 is 12.1 Å². The maximum atomic E-state index is 16.7. The molecule has 11 heteroatoms. The number of hydrogen-bond donors (Lipinski definition) is 1. The van der Waals surface area contributed by atoms with Crippen molar-refractivity contribution in [3.05, 3.63) is 48.4 Å². The number of carbonyl (C=O) groups is 1. The average Bonchev–Trinajstić information content (AvgIpc) is 3.43. The van der Waals surface area contributed by atoms with Gasteiger partial charge in [-0.05, 0) is 83.0 Å². The summed E-state index contributed by atoms with van der Waals surface area (Å²) in [5, 5.41) is 12.5. The summed E-state index contributed by atoms with van der Waals surface area (Å²) in [7, 11) is 2.08. The number of phenols is 1. The molecule has 4 fully saturated rings. The minimum Gasteiger partial charge on any atom is -0.508 e. The highest BCUT2D eigenvalue weighted by Gasteiger charge is 2.44. The predicted octanol–water partition coefficient (Wildman–Crippen LogP) is 5.75. The van der Waals surface area contributed by atoms with Crippen LogP contribution in [0.4, 0.5) is 15.0 Å². The second-order valence-electron chi connectivity index (χ2n) is 13.5. The van der Waals surface area contributed by atoms with E-state index in [0.29, 0.717) is 36.5 Å². The fourth-order valence-corrected chi connectivity index (χ4v) is 6.98. The monoisotopic (exact) mass is 614 g/mol. The van der Waals surface area contributed by atoms with Crippen molar-refractivity contribution in [3.63, 3.8) is 0 Å². The van der Waals surface area contributed by atoms with Crippen molar-refractivity contribution in [1.29, 1.82) is 0 Å². The molecule has 2 aromatic heterocycles. The summed E-state index contributed by atoms with van der Waals surface area (Å²) in [4.78, 5) is 33.3. The molecule has 4 aliphatic rings. The van der Waals surface area contributed by atoms with Crippen molar-refractivity contribution in [2.75, 3.05) is 38.2 Å². The van der Waals surface area contributed by atoms with Gasteiger partial charge in [0.1, 0.15) is 35.0 Å². The molecule has 6 heterocycles. The van der Waals surface area contributed by atoms with Crippen molar-refractivity contribution in [3.8, 4) is 23.0 Å². The number of likely N-dealkylation sites (N-methyl/N-ethyl adjacent to an activating group) is 1. The molecule has 0 aliphatic carbocycles. The number of piperazine rings is 1. The lowest BCUT2D eigenvalue weighted by Gasteiger charge is -2.51. The van der Waals surface area contributed by atoms with E-state index in [-0.39, 0.29) is 47.2 Å². The predicted molar refractivity (Wildman–Crippen MR) is 170 cm³/mol. The quantitative estimate of drug-likeness (QED) is 0.301. The summed E-state index contributed by atoms with van der Waals surface area (Å²) in [5.41, 5.74) is 0.0948. The number of likely N-dealkylation sites (tertiary alicyclic amines) is 1. The minimum absolute atomic E-state index is 0.0250. The third-order valence-corrected chi connectivity index (χ3v) is 9.25. The third-order valence-electron chi connectivity index (χ3n) is 9.25. The normalized spacial score (nSPS) is 22.0. The number of amides is 1. The van der Waals surface area contributed by atoms with Gasteiger partial charge in [-0.25, -0.2) is 9.18 Å². The van der Waals surface area contributed by atoms with Gasteiger partial charge in [0.15, 0.2) is 5.82 Å². The van der Waals surface area contributed by atoms with Crippen LogP contribution in [-0.4, -0.2) is 93.0 Å². The van der Waals surface area contributed by atoms with Gasteiger partial charge in [-0.1, -0.05) is 24.3 Å². The van der Waals surface area contributed by atoms with Crippen LogP contribution in [0.5, 0.6) is 11.8 Å². The molecule has 1 N–H and O–H groups in total. The zero-order chi connectivity index (χ0) is 31.5. The van der Waals surface area contributed by atoms with E-state index in [1.807, 2.05) is 49.9 Å². The number of phenolic OH excluding ortho intramolecular Hbond substituents is 1. The van der Waals surface area contributed by atoms with Crippen LogP contribution in [0, 0.1) is 5.82 Å². The van der Waals surface area contributed by atoms with E-state index in [2.05, 4.69) is 26.8 Å². The highest BCUT2D eigenvalue weighted by molar-refractivity contribution is 6.00. The zero-order valence-electron chi connectivity index (χ0n) is 26.2. The lowest BCUT2D eigenvalue weighted by atomic mass is 9.91. The molecule has 1 amide bonds. The summed E-state index contributed by atoms with van der Waals surface area (Å²) < 4.78 is 28.6. The molecule has 3 atom stereocenters. The molecule has 0 spiro atoms. The molecule has 4 aliphatic heterocycles. The van der Waals surface area contributed by atoms with E-state index in [0.717, 1.165) is 43.0 Å². The number of anilines is 1. The second kappa shape index (κ2) is 11.3. The van der Waals surface area contributed by atoms with Crippen LogP contribution in [0.15, 0.2) is 42.6 Å². The van der Waals surface area contributed by atoms with Gasteiger partial charge in [0.05, 0.1) is 11.4 Å². The average molecular weight is 615 g/mol. The van der Waals surface area contributed by atoms with Crippen LogP contribution in [0.25, 0.3) is 32.9 Å². The molecule has 1 unspecified atom stereocenters. The number of rotatable bonds is 5. The van der Waals surface area contributed by atoms with Gasteiger partial charge in [0.2, 0.25) is 0 Å². The van der Waals surface area contributed by atoms with Crippen LogP contribution >= 0.6 is 0 Å². The second-order valence-corrected chi connectivity index (χ2v) is 13.5. The van der Waals surface area contributed by atoms with Crippen LogP contribution in [0.1, 0.15) is 46.5 Å². The van der Waals surface area contributed by atoms with Crippen molar-refractivity contribution in [2.45, 2.75) is 70.2 Å². The van der Waals surface area contributed by atoms with E-state index in [4.69, 9.17) is 14.5 Å². The van der Waals surface area contributed by atoms with E-state index >= 15 is 4.39 Å². The van der Waals surface area contributed by atoms with Gasteiger partial charge < -0.3 is 29.3 Å². The summed E-state index contributed by atoms with van der Waals surface area (Å²) in [5.74, 6) is -0.0312. The smallest absolute Gasteiger partial charge is 0.410 e. The largest absolute Gasteiger partial charge is 0.508 e. The summed E-state index contributed by atoms with van der Waals surface area (Å²) in [6.07, 6.45) is 5.12. The standard InChI is InChI=1S/C34H39FN6O4/c1-34(2,3)45-33(43)41-18-21-11-12-22(41)17-40(21)31-27-16-36-29(26-15-24(42)14-20-8-5-6-10-25(20)26)28(35)30(27)37-32(38-31)44-19-23-9-7-13-39(23)4/h5-6,8,10,14-16,21-23,42H,7,9,11-13,17-19H2,1-4H3/t21?,22-,23+/m1/s1. The van der Waals surface area contributed by atoms with Gasteiger partial charge in [-0.15, -0.1) is 0 Å². The molecular weight excluding hydrogens is 575 g/mol. The van der Waals surface area contributed by atoms with E-state index in [1.54, 1.807) is 12.3 Å². The number of pyridine rings is 1. The molecule has 236 valence electrons. The highest BCUT2D eigenvalue weighted by Crippen LogP contribution is 2.40. The summed E-state index contributed by atoms with van der Waals surface area (Å²) >= 11 is 0. The number of aromatic hydroxyl groups is 1. The van der Waals surface area contributed by atoms with Crippen LogP contribution in [0.2, 0.25) is 0 Å². The molecule has 4 saturated heterocycles. The van der Waals surface area contributed by atoms with Crippen molar-refractivity contribution in [1.82, 2.24) is 24.8 Å². The molecular formula is C34H39FN6O4. The Hall–Kier alpha value is -4.25. The number of benzene rings is 2. The molecule has 8 rings (SSSR count). The van der Waals surface area contributed by atoms with Gasteiger partial charge in [-0.2, -0.15) is 9.97 Å².